The summed E-state index contributed by atoms with van der Waals surface area (Å²) in [5.41, 5.74) is 2.92. The predicted octanol–water partition coefficient (Wildman–Crippen LogP) is 2.88. The molecule has 19 heavy (non-hydrogen) atoms. The lowest BCUT2D eigenvalue weighted by atomic mass is 9.90. The van der Waals surface area contributed by atoms with Crippen molar-refractivity contribution in [1.29, 1.82) is 5.26 Å². The fourth-order valence-electron chi connectivity index (χ4n) is 4.04. The highest BCUT2D eigenvalue weighted by molar-refractivity contribution is 5.35. The van der Waals surface area contributed by atoms with Crippen LogP contribution in [0.15, 0.2) is 11.1 Å². The Bertz CT molecular complexity index is 441. The van der Waals surface area contributed by atoms with E-state index in [1.54, 1.807) is 5.57 Å². The van der Waals surface area contributed by atoms with Crippen molar-refractivity contribution in [3.05, 3.63) is 11.1 Å². The van der Waals surface area contributed by atoms with Gasteiger partial charge in [-0.2, -0.15) is 5.26 Å². The summed E-state index contributed by atoms with van der Waals surface area (Å²) in [7, 11) is 0. The molecule has 2 heterocycles. The van der Waals surface area contributed by atoms with Crippen LogP contribution >= 0.6 is 0 Å². The van der Waals surface area contributed by atoms with Crippen LogP contribution < -0.4 is 0 Å². The standard InChI is InChI=1S/C16H24N2O/c1-16(2,3)19-14-7-9-18-8-6-12-11(10-17)4-5-13(12)15(14)18/h11,14-15H,4-9H2,1-3H3/t11?,14-,15+/m0/s1. The summed E-state index contributed by atoms with van der Waals surface area (Å²) in [5.74, 6) is 0.188. The van der Waals surface area contributed by atoms with Crippen molar-refractivity contribution in [2.75, 3.05) is 13.1 Å². The third kappa shape index (κ3) is 2.32. The Labute approximate surface area is 116 Å². The molecule has 3 nitrogen and oxygen atoms in total. The van der Waals surface area contributed by atoms with Gasteiger partial charge in [-0.05, 0) is 52.0 Å². The van der Waals surface area contributed by atoms with Gasteiger partial charge in [-0.25, -0.2) is 0 Å². The van der Waals surface area contributed by atoms with Gasteiger partial charge in [-0.1, -0.05) is 5.57 Å². The quantitative estimate of drug-likeness (QED) is 0.680. The van der Waals surface area contributed by atoms with E-state index in [-0.39, 0.29) is 11.5 Å². The summed E-state index contributed by atoms with van der Waals surface area (Å²) in [5, 5.41) is 9.27. The largest absolute Gasteiger partial charge is 0.371 e. The molecular weight excluding hydrogens is 236 g/mol. The lowest BCUT2D eigenvalue weighted by molar-refractivity contribution is -0.0675. The summed E-state index contributed by atoms with van der Waals surface area (Å²) in [4.78, 5) is 2.58. The molecular formula is C16H24N2O. The van der Waals surface area contributed by atoms with Gasteiger partial charge >= 0.3 is 0 Å². The smallest absolute Gasteiger partial charge is 0.0788 e. The van der Waals surface area contributed by atoms with E-state index in [1.807, 2.05) is 0 Å². The monoisotopic (exact) mass is 260 g/mol. The number of fused-ring (bicyclic) bond motifs is 2. The summed E-state index contributed by atoms with van der Waals surface area (Å²) in [6, 6.07) is 2.95. The first kappa shape index (κ1) is 13.1. The van der Waals surface area contributed by atoms with Gasteiger partial charge in [-0.15, -0.1) is 0 Å². The molecule has 3 rings (SSSR count). The van der Waals surface area contributed by atoms with Crippen molar-refractivity contribution < 1.29 is 4.74 Å². The van der Waals surface area contributed by atoms with E-state index in [2.05, 4.69) is 31.7 Å². The summed E-state index contributed by atoms with van der Waals surface area (Å²) in [6.45, 7) is 8.69. The minimum absolute atomic E-state index is 0.0773. The molecule has 0 aromatic carbocycles. The van der Waals surface area contributed by atoms with Crippen LogP contribution in [-0.2, 0) is 4.74 Å². The first-order valence-corrected chi connectivity index (χ1v) is 7.53. The number of rotatable bonds is 1. The normalized spacial score (nSPS) is 35.2. The van der Waals surface area contributed by atoms with Gasteiger partial charge in [0.2, 0.25) is 0 Å². The average Bonchev–Trinajstić information content (AvgIpc) is 2.90. The van der Waals surface area contributed by atoms with Crippen LogP contribution in [-0.4, -0.2) is 35.7 Å². The highest BCUT2D eigenvalue weighted by atomic mass is 16.5. The van der Waals surface area contributed by atoms with Gasteiger partial charge in [0.25, 0.3) is 0 Å². The lowest BCUT2D eigenvalue weighted by Crippen LogP contribution is -2.43. The molecule has 3 aliphatic rings. The third-order valence-electron chi connectivity index (χ3n) is 4.67. The molecule has 104 valence electrons. The minimum atomic E-state index is -0.0773. The van der Waals surface area contributed by atoms with Crippen LogP contribution in [0.2, 0.25) is 0 Å². The molecule has 2 aliphatic heterocycles. The molecule has 1 unspecified atom stereocenters. The molecule has 0 saturated carbocycles. The zero-order chi connectivity index (χ0) is 13.6. The Hall–Kier alpha value is -0.850. The second kappa shape index (κ2) is 4.61. The maximum atomic E-state index is 9.27. The molecule has 1 fully saturated rings. The van der Waals surface area contributed by atoms with Gasteiger partial charge in [-0.3, -0.25) is 4.90 Å². The summed E-state index contributed by atoms with van der Waals surface area (Å²) < 4.78 is 6.29. The number of hydrogen-bond donors (Lipinski definition) is 0. The molecule has 0 aromatic heterocycles. The number of ether oxygens (including phenoxy) is 1. The van der Waals surface area contributed by atoms with E-state index in [1.165, 1.54) is 5.57 Å². The average molecular weight is 260 g/mol. The van der Waals surface area contributed by atoms with Crippen LogP contribution in [0.5, 0.6) is 0 Å². The van der Waals surface area contributed by atoms with E-state index < -0.39 is 0 Å². The van der Waals surface area contributed by atoms with Crippen LogP contribution in [0.3, 0.4) is 0 Å². The van der Waals surface area contributed by atoms with Crippen molar-refractivity contribution in [3.63, 3.8) is 0 Å². The van der Waals surface area contributed by atoms with Crippen LogP contribution in [0.1, 0.15) is 46.5 Å². The third-order valence-corrected chi connectivity index (χ3v) is 4.67. The lowest BCUT2D eigenvalue weighted by Gasteiger charge is -2.37. The second-order valence-electron chi connectivity index (χ2n) is 7.06. The maximum Gasteiger partial charge on any atom is 0.0788 e. The van der Waals surface area contributed by atoms with Crippen LogP contribution in [0.4, 0.5) is 0 Å². The minimum Gasteiger partial charge on any atom is -0.371 e. The van der Waals surface area contributed by atoms with Crippen LogP contribution in [0, 0.1) is 17.2 Å². The molecule has 1 aliphatic carbocycles. The molecule has 3 heteroatoms. The van der Waals surface area contributed by atoms with Crippen LogP contribution in [0.25, 0.3) is 0 Å². The van der Waals surface area contributed by atoms with E-state index in [9.17, 15) is 5.26 Å². The Morgan fingerprint density at radius 3 is 2.63 bits per heavy atom. The zero-order valence-electron chi connectivity index (χ0n) is 12.3. The molecule has 0 N–H and O–H groups in total. The molecule has 0 amide bonds. The zero-order valence-corrected chi connectivity index (χ0v) is 12.3. The Balaban J connectivity index is 1.86. The summed E-state index contributed by atoms with van der Waals surface area (Å²) >= 11 is 0. The number of nitriles is 1. The van der Waals surface area contributed by atoms with Crippen molar-refractivity contribution in [2.24, 2.45) is 5.92 Å². The number of nitrogens with zero attached hydrogens (tertiary/aromatic N) is 2. The predicted molar refractivity (Wildman–Crippen MR) is 74.6 cm³/mol. The van der Waals surface area contributed by atoms with Crippen molar-refractivity contribution in [1.82, 2.24) is 4.90 Å². The van der Waals surface area contributed by atoms with E-state index in [0.717, 1.165) is 38.8 Å². The Morgan fingerprint density at radius 1 is 1.16 bits per heavy atom. The van der Waals surface area contributed by atoms with Crippen molar-refractivity contribution in [3.8, 4) is 6.07 Å². The highest BCUT2D eigenvalue weighted by Gasteiger charge is 2.44. The van der Waals surface area contributed by atoms with Gasteiger partial charge in [0.05, 0.1) is 29.7 Å². The highest BCUT2D eigenvalue weighted by Crippen LogP contribution is 2.44. The van der Waals surface area contributed by atoms with Gasteiger partial charge in [0.1, 0.15) is 0 Å². The fraction of sp³-hybridized carbons (Fsp3) is 0.812. The topological polar surface area (TPSA) is 36.3 Å². The van der Waals surface area contributed by atoms with Gasteiger partial charge < -0.3 is 4.74 Å². The van der Waals surface area contributed by atoms with Gasteiger partial charge in [0.15, 0.2) is 0 Å². The van der Waals surface area contributed by atoms with Crippen molar-refractivity contribution >= 4 is 0 Å². The van der Waals surface area contributed by atoms with Gasteiger partial charge in [0, 0.05) is 13.1 Å². The first-order chi connectivity index (χ1) is 8.99. The molecule has 3 atom stereocenters. The fourth-order valence-corrected chi connectivity index (χ4v) is 4.04. The van der Waals surface area contributed by atoms with E-state index in [0.29, 0.717) is 12.1 Å². The number of hydrogen-bond acceptors (Lipinski definition) is 3. The molecule has 0 bridgehead atoms. The SMILES string of the molecule is CC(C)(C)O[C@H]1CCN2CCC3=C(CCC3C#N)[C@H]12. The summed E-state index contributed by atoms with van der Waals surface area (Å²) in [6.07, 6.45) is 4.71. The molecule has 1 saturated heterocycles. The van der Waals surface area contributed by atoms with Crippen molar-refractivity contribution in [2.45, 2.75) is 64.2 Å². The van der Waals surface area contributed by atoms with E-state index in [4.69, 9.17) is 4.74 Å². The molecule has 0 aromatic rings. The van der Waals surface area contributed by atoms with E-state index >= 15 is 0 Å². The Morgan fingerprint density at radius 2 is 1.95 bits per heavy atom. The maximum absolute atomic E-state index is 9.27. The first-order valence-electron chi connectivity index (χ1n) is 7.53. The molecule has 0 spiro atoms. The Kier molecular flexibility index (Phi) is 3.19. The molecule has 0 radical (unpaired) electrons. The second-order valence-corrected chi connectivity index (χ2v) is 7.06.